The number of nitrogens with zero attached hydrogens (tertiary/aromatic N) is 11. The highest BCUT2D eigenvalue weighted by Crippen LogP contribution is 2.40. The maximum Gasteiger partial charge on any atom is 0.296 e. The van der Waals surface area contributed by atoms with Crippen LogP contribution in [0, 0.1) is 13.8 Å². The average Bonchev–Trinajstić information content (AvgIpc) is 0.831. The van der Waals surface area contributed by atoms with Crippen LogP contribution in [-0.2, 0) is 70.8 Å². The van der Waals surface area contributed by atoms with Gasteiger partial charge in [-0.1, -0.05) is 0 Å². The van der Waals surface area contributed by atoms with Gasteiger partial charge in [-0.3, -0.25) is 31.9 Å². The van der Waals surface area contributed by atoms with Gasteiger partial charge in [0.2, 0.25) is 17.8 Å². The van der Waals surface area contributed by atoms with Gasteiger partial charge in [-0.15, -0.1) is 10.2 Å². The molecule has 0 unspecified atom stereocenters. The zero-order valence-electron chi connectivity index (χ0n) is 47.5. The number of anilines is 5. The maximum absolute atomic E-state index is 12.6. The zero-order valence-corrected chi connectivity index (χ0v) is 53.2. The summed E-state index contributed by atoms with van der Waals surface area (Å²) >= 11 is 0. The van der Waals surface area contributed by atoms with Gasteiger partial charge >= 0.3 is 0 Å². The molecule has 1 heterocycles. The Kier molecular flexibility index (Phi) is 22.6. The molecule has 0 spiro atoms. The van der Waals surface area contributed by atoms with Crippen LogP contribution in [0.15, 0.2) is 170 Å². The third kappa shape index (κ3) is 22.4. The highest BCUT2D eigenvalue weighted by molar-refractivity contribution is 7.87. The Hall–Kier alpha value is -8.90. The molecule has 0 aliphatic heterocycles. The van der Waals surface area contributed by atoms with Crippen molar-refractivity contribution in [1.82, 2.24) is 15.0 Å². The van der Waals surface area contributed by atoms with Gasteiger partial charge < -0.3 is 25.4 Å². The Labute approximate surface area is 529 Å². The van der Waals surface area contributed by atoms with Crippen LogP contribution in [0.4, 0.5) is 74.7 Å². The molecule has 0 aliphatic rings. The number of hydrogen-bond acceptors (Lipinski definition) is 30. The third-order valence-corrected chi connectivity index (χ3v) is 17.6. The molecule has 37 nitrogen and oxygen atoms in total. The number of azo groups is 4. The molecular weight excluding hydrogens is 1380 g/mol. The molecule has 0 bridgehead atoms. The van der Waals surface area contributed by atoms with Crippen molar-refractivity contribution in [3.05, 3.63) is 120 Å². The van der Waals surface area contributed by atoms with E-state index in [1.807, 2.05) is 0 Å². The van der Waals surface area contributed by atoms with Crippen LogP contribution < -0.4 is 25.4 Å². The summed E-state index contributed by atoms with van der Waals surface area (Å²) in [5.41, 5.74) is -0.468. The number of nitrogens with one attached hydrogen (secondary N) is 3. The van der Waals surface area contributed by atoms with E-state index < -0.39 is 126 Å². The first-order valence-electron chi connectivity index (χ1n) is 25.7. The van der Waals surface area contributed by atoms with Crippen molar-refractivity contribution in [3.63, 3.8) is 0 Å². The monoisotopic (exact) mass is 1430 g/mol. The first-order chi connectivity index (χ1) is 43.2. The summed E-state index contributed by atoms with van der Waals surface area (Å²) in [6.07, 6.45) is -0.558. The molecule has 0 radical (unpaired) electrons. The average molecular weight is 1430 g/mol. The largest absolute Gasteiger partial charge is 0.491 e. The summed E-state index contributed by atoms with van der Waals surface area (Å²) in [6, 6.07) is 20.7. The SMILES string of the molecule is Cc1cc(Nc2nc(NCCS(=O)(=O)O)nc(Nc3cc(C)c(N=Nc4ccc(/N=N\c5ccc(S(=O)(=O)O)cc5)cc4S(=O)(=O)O)cc3OCCCS(=O)(=O)O)n2)c(OCCCS(=O)(=O)O)cc1N=Nc1ccc(N=Nc2ccc(S(=O)(=O)O)cc2)cc1S(=O)(=O)O. The number of ether oxygens (including phenoxy) is 2. The Morgan fingerprint density at radius 2 is 0.710 bits per heavy atom. The van der Waals surface area contributed by atoms with E-state index in [2.05, 4.69) is 71.8 Å². The van der Waals surface area contributed by atoms with E-state index in [1.165, 1.54) is 74.5 Å². The molecular formula is C49H50N14O23S7. The fourth-order valence-corrected chi connectivity index (χ4v) is 11.0. The number of aromatic nitrogens is 3. The Balaban J connectivity index is 1.23. The van der Waals surface area contributed by atoms with Crippen LogP contribution in [0.5, 0.6) is 11.5 Å². The van der Waals surface area contributed by atoms with E-state index in [-0.39, 0.29) is 112 Å². The van der Waals surface area contributed by atoms with Crippen molar-refractivity contribution in [2.24, 2.45) is 40.9 Å². The normalized spacial score (nSPS) is 12.9. The van der Waals surface area contributed by atoms with Gasteiger partial charge in [-0.2, -0.15) is 105 Å². The van der Waals surface area contributed by atoms with E-state index in [1.54, 1.807) is 0 Å². The molecule has 0 atom stereocenters. The Morgan fingerprint density at radius 1 is 0.376 bits per heavy atom. The molecule has 0 fully saturated rings. The van der Waals surface area contributed by atoms with Gasteiger partial charge in [-0.25, -0.2) is 0 Å². The van der Waals surface area contributed by atoms with E-state index >= 15 is 0 Å². The molecule has 7 rings (SSSR count). The topological polar surface area (TPSA) is 573 Å². The Bertz CT molecular complexity index is 4670. The van der Waals surface area contributed by atoms with E-state index in [0.717, 1.165) is 48.5 Å². The number of hydrogen-bond donors (Lipinski definition) is 10. The van der Waals surface area contributed by atoms with Gasteiger partial charge in [-0.05, 0) is 135 Å². The predicted molar refractivity (Wildman–Crippen MR) is 328 cm³/mol. The lowest BCUT2D eigenvalue weighted by molar-refractivity contribution is 0.317. The molecule has 6 aromatic carbocycles. The molecule has 7 aromatic rings. The van der Waals surface area contributed by atoms with Crippen molar-refractivity contribution in [1.29, 1.82) is 0 Å². The lowest BCUT2D eigenvalue weighted by atomic mass is 10.1. The summed E-state index contributed by atoms with van der Waals surface area (Å²) in [4.78, 5) is 10.6. The van der Waals surface area contributed by atoms with Crippen molar-refractivity contribution in [3.8, 4) is 11.5 Å². The van der Waals surface area contributed by atoms with Crippen LogP contribution in [0.25, 0.3) is 0 Å². The van der Waals surface area contributed by atoms with Crippen LogP contribution >= 0.6 is 0 Å². The number of benzene rings is 6. The molecule has 0 saturated heterocycles. The first kappa shape index (κ1) is 71.5. The molecule has 0 saturated carbocycles. The van der Waals surface area contributed by atoms with Gasteiger partial charge in [0, 0.05) is 18.7 Å². The molecule has 93 heavy (non-hydrogen) atoms. The fourth-order valence-electron chi connectivity index (χ4n) is 7.48. The minimum absolute atomic E-state index is 0.00347. The van der Waals surface area contributed by atoms with Crippen molar-refractivity contribution >= 4 is 146 Å². The minimum Gasteiger partial charge on any atom is -0.491 e. The minimum atomic E-state index is -5.05. The highest BCUT2D eigenvalue weighted by atomic mass is 32.2. The van der Waals surface area contributed by atoms with Crippen LogP contribution in [0.1, 0.15) is 24.0 Å². The van der Waals surface area contributed by atoms with Gasteiger partial charge in [0.1, 0.15) is 32.7 Å². The van der Waals surface area contributed by atoms with Crippen molar-refractivity contribution < 1.29 is 100 Å². The molecule has 10 N–H and O–H groups in total. The van der Waals surface area contributed by atoms with E-state index in [4.69, 9.17) is 9.47 Å². The van der Waals surface area contributed by atoms with Crippen LogP contribution in [-0.4, -0.2) is 143 Å². The summed E-state index contributed by atoms with van der Waals surface area (Å²) < 4.78 is 245. The van der Waals surface area contributed by atoms with Gasteiger partial charge in [0.05, 0.1) is 85.8 Å². The van der Waals surface area contributed by atoms with Crippen LogP contribution in [0.3, 0.4) is 0 Å². The van der Waals surface area contributed by atoms with Crippen molar-refractivity contribution in [2.75, 3.05) is 53.0 Å². The summed E-state index contributed by atoms with van der Waals surface area (Å²) in [7, 11) is -32.7. The summed E-state index contributed by atoms with van der Waals surface area (Å²) in [5.74, 6) is -3.72. The second-order valence-corrected chi connectivity index (χ2v) is 29.3. The Morgan fingerprint density at radius 3 is 1.05 bits per heavy atom. The number of rotatable bonds is 30. The summed E-state index contributed by atoms with van der Waals surface area (Å²) in [6.45, 7) is 1.74. The molecule has 0 aliphatic carbocycles. The third-order valence-electron chi connectivity index (χ3n) is 11.8. The quantitative estimate of drug-likeness (QED) is 0.0114. The smallest absolute Gasteiger partial charge is 0.296 e. The lowest BCUT2D eigenvalue weighted by Crippen LogP contribution is -2.17. The standard InChI is InChI=1S/C49H50N14O23S7/c1-29-23-41(43(85-18-3-20-87(64,65)66)27-39(29)62-60-37-15-9-33(25-45(37)92(79,80)81)58-56-31-5-11-35(12-6-31)90(73,74)75)51-48-53-47(50-17-22-89(70,71)72)54-49(55-48)52-42-24-30(2)40(28-44(42)86-19-4-21-88(67,68)69)63-61-38-16-10-34(26-46(38)93(82,83)84)59-57-32-7-13-36(14-8-32)91(76,77)78/h5-16,23-28H,3-4,17-22H2,1-2H3,(H,64,65,66)(H,67,68,69)(H,70,71,72)(H,73,74,75)(H,76,77,78)(H,79,80,81)(H,82,83,84)(H3,50,51,52,53,54,55)/b58-56-,59-57?,62-60?,63-61?. The van der Waals surface area contributed by atoms with Crippen molar-refractivity contribution in [2.45, 2.75) is 46.3 Å². The molecule has 1 aromatic heterocycles. The van der Waals surface area contributed by atoms with Gasteiger partial charge in [0.25, 0.3) is 70.8 Å². The first-order valence-corrected chi connectivity index (χ1v) is 36.3. The predicted octanol–water partition coefficient (Wildman–Crippen LogP) is 9.24. The summed E-state index contributed by atoms with van der Waals surface area (Å²) in [5, 5.41) is 40.4. The van der Waals surface area contributed by atoms with E-state index in [0.29, 0.717) is 0 Å². The molecule has 44 heteroatoms. The highest BCUT2D eigenvalue weighted by Gasteiger charge is 2.22. The van der Waals surface area contributed by atoms with Gasteiger partial charge in [0.15, 0.2) is 0 Å². The van der Waals surface area contributed by atoms with E-state index in [9.17, 15) is 90.8 Å². The lowest BCUT2D eigenvalue weighted by Gasteiger charge is -2.17. The zero-order chi connectivity index (χ0) is 68.3. The maximum atomic E-state index is 12.6. The molecule has 0 amide bonds. The van der Waals surface area contributed by atoms with Crippen LogP contribution in [0.2, 0.25) is 0 Å². The second kappa shape index (κ2) is 29.4. The molecule has 496 valence electrons. The number of aryl methyl sites for hydroxylation is 2. The fraction of sp³-hybridized carbons (Fsp3) is 0.204. The second-order valence-electron chi connectivity index (χ2n) is 19.0.